The second kappa shape index (κ2) is 5.77. The first-order valence-electron chi connectivity index (χ1n) is 6.91. The Hall–Kier alpha value is -1.40. The molecular weight excluding hydrogens is 274 g/mol. The summed E-state index contributed by atoms with van der Waals surface area (Å²) in [5.74, 6) is -0.333. The Bertz CT molecular complexity index is 534. The maximum atomic E-state index is 13.3. The number of hydrogen-bond donors (Lipinski definition) is 0. The lowest BCUT2D eigenvalue weighted by atomic mass is 9.78. The summed E-state index contributed by atoms with van der Waals surface area (Å²) < 4.78 is 29.9. The predicted molar refractivity (Wildman–Crippen MR) is 77.9 cm³/mol. The second-order valence-electron chi connectivity index (χ2n) is 5.97. The van der Waals surface area contributed by atoms with Gasteiger partial charge in [-0.1, -0.05) is 24.3 Å². The van der Waals surface area contributed by atoms with Crippen molar-refractivity contribution in [1.82, 2.24) is 0 Å². The lowest BCUT2D eigenvalue weighted by molar-refractivity contribution is -0.142. The highest BCUT2D eigenvalue weighted by Crippen LogP contribution is 2.37. The Balaban J connectivity index is 2.16. The molecule has 1 aliphatic rings. The van der Waals surface area contributed by atoms with Crippen molar-refractivity contribution in [2.75, 3.05) is 6.67 Å². The number of ether oxygens (including phenoxy) is 1. The molecule has 1 aromatic rings. The van der Waals surface area contributed by atoms with Crippen molar-refractivity contribution in [3.05, 3.63) is 29.8 Å². The van der Waals surface area contributed by atoms with Gasteiger partial charge in [0.25, 0.3) is 0 Å². The molecule has 0 amide bonds. The third-order valence-electron chi connectivity index (χ3n) is 3.96. The van der Waals surface area contributed by atoms with Crippen molar-refractivity contribution < 1.29 is 23.2 Å². The minimum Gasteiger partial charge on any atom is -0.461 e. The van der Waals surface area contributed by atoms with Crippen LogP contribution in [0.5, 0.6) is 0 Å². The van der Waals surface area contributed by atoms with E-state index in [1.807, 2.05) is 38.1 Å². The SMILES string of the molecule is CC(=O)OCc1cccc(B2OC(C)(C)C(C)(CF)O2)c1. The van der Waals surface area contributed by atoms with Gasteiger partial charge in [-0.3, -0.25) is 4.79 Å². The number of rotatable bonds is 4. The number of halogens is 1. The molecule has 0 aromatic heterocycles. The normalized spacial score (nSPS) is 24.1. The largest absolute Gasteiger partial charge is 0.494 e. The summed E-state index contributed by atoms with van der Waals surface area (Å²) in [6.07, 6.45) is 0. The van der Waals surface area contributed by atoms with E-state index in [2.05, 4.69) is 0 Å². The van der Waals surface area contributed by atoms with Crippen molar-refractivity contribution >= 4 is 18.6 Å². The summed E-state index contributed by atoms with van der Waals surface area (Å²) in [6.45, 7) is 6.27. The van der Waals surface area contributed by atoms with Gasteiger partial charge >= 0.3 is 13.1 Å². The molecule has 0 bridgehead atoms. The van der Waals surface area contributed by atoms with Crippen molar-refractivity contribution in [2.24, 2.45) is 0 Å². The van der Waals surface area contributed by atoms with Crippen LogP contribution in [0.4, 0.5) is 4.39 Å². The highest BCUT2D eigenvalue weighted by Gasteiger charge is 2.54. The smallest absolute Gasteiger partial charge is 0.461 e. The van der Waals surface area contributed by atoms with Crippen LogP contribution < -0.4 is 5.46 Å². The number of benzene rings is 1. The zero-order chi connectivity index (χ0) is 15.7. The quantitative estimate of drug-likeness (QED) is 0.629. The summed E-state index contributed by atoms with van der Waals surface area (Å²) in [6, 6.07) is 7.37. The first kappa shape index (κ1) is 16.0. The van der Waals surface area contributed by atoms with E-state index in [1.165, 1.54) is 6.92 Å². The van der Waals surface area contributed by atoms with Crippen LogP contribution >= 0.6 is 0 Å². The van der Waals surface area contributed by atoms with E-state index >= 15 is 0 Å². The van der Waals surface area contributed by atoms with Gasteiger partial charge in [-0.05, 0) is 31.8 Å². The molecule has 1 heterocycles. The monoisotopic (exact) mass is 294 g/mol. The molecule has 1 aromatic carbocycles. The zero-order valence-electron chi connectivity index (χ0n) is 12.8. The van der Waals surface area contributed by atoms with Crippen molar-refractivity contribution in [3.8, 4) is 0 Å². The molecule has 1 fully saturated rings. The Morgan fingerprint density at radius 2 is 2.05 bits per heavy atom. The second-order valence-corrected chi connectivity index (χ2v) is 5.97. The summed E-state index contributed by atoms with van der Waals surface area (Å²) in [5.41, 5.74) is -0.0894. The standard InChI is InChI=1S/C15H20BFO4/c1-11(18)19-9-12-6-5-7-13(8-12)16-20-14(2,3)15(4,10-17)21-16/h5-8H,9-10H2,1-4H3. The Kier molecular flexibility index (Phi) is 4.39. The van der Waals surface area contributed by atoms with Crippen LogP contribution in [-0.2, 0) is 25.4 Å². The lowest BCUT2D eigenvalue weighted by Gasteiger charge is -2.33. The van der Waals surface area contributed by atoms with Crippen molar-refractivity contribution in [1.29, 1.82) is 0 Å². The average molecular weight is 294 g/mol. The fraction of sp³-hybridized carbons (Fsp3) is 0.533. The van der Waals surface area contributed by atoms with Gasteiger partial charge in [0, 0.05) is 6.92 Å². The third-order valence-corrected chi connectivity index (χ3v) is 3.96. The molecule has 0 radical (unpaired) electrons. The minimum atomic E-state index is -0.983. The summed E-state index contributed by atoms with van der Waals surface area (Å²) in [7, 11) is -0.627. The Morgan fingerprint density at radius 1 is 1.33 bits per heavy atom. The van der Waals surface area contributed by atoms with Gasteiger partial charge in [-0.15, -0.1) is 0 Å². The summed E-state index contributed by atoms with van der Waals surface area (Å²) in [5, 5.41) is 0. The van der Waals surface area contributed by atoms with E-state index in [0.29, 0.717) is 0 Å². The first-order chi connectivity index (χ1) is 9.77. The Labute approximate surface area is 124 Å². The number of carbonyl (C=O) groups is 1. The molecule has 0 N–H and O–H groups in total. The number of esters is 1. The molecule has 1 aliphatic heterocycles. The van der Waals surface area contributed by atoms with Crippen molar-refractivity contribution in [3.63, 3.8) is 0 Å². The van der Waals surface area contributed by atoms with Gasteiger partial charge in [0.1, 0.15) is 18.9 Å². The molecule has 0 spiro atoms. The van der Waals surface area contributed by atoms with Gasteiger partial charge in [-0.25, -0.2) is 4.39 Å². The third kappa shape index (κ3) is 3.27. The molecular formula is C15H20BFO4. The van der Waals surface area contributed by atoms with Crippen molar-refractivity contribution in [2.45, 2.75) is 45.5 Å². The maximum Gasteiger partial charge on any atom is 0.494 e. The summed E-state index contributed by atoms with van der Waals surface area (Å²) >= 11 is 0. The van der Waals surface area contributed by atoms with Crippen LogP contribution in [0.3, 0.4) is 0 Å². The van der Waals surface area contributed by atoms with Gasteiger partial charge in [-0.2, -0.15) is 0 Å². The molecule has 0 aliphatic carbocycles. The minimum absolute atomic E-state index is 0.194. The molecule has 4 nitrogen and oxygen atoms in total. The van der Waals surface area contributed by atoms with E-state index < -0.39 is 25.0 Å². The number of carbonyl (C=O) groups excluding carboxylic acids is 1. The van der Waals surface area contributed by atoms with Crippen LogP contribution in [0.25, 0.3) is 0 Å². The topological polar surface area (TPSA) is 44.8 Å². The highest BCUT2D eigenvalue weighted by molar-refractivity contribution is 6.62. The van der Waals surface area contributed by atoms with E-state index in [-0.39, 0.29) is 12.6 Å². The highest BCUT2D eigenvalue weighted by atomic mass is 19.1. The Morgan fingerprint density at radius 3 is 2.62 bits per heavy atom. The van der Waals surface area contributed by atoms with E-state index in [0.717, 1.165) is 11.0 Å². The van der Waals surface area contributed by atoms with Crippen LogP contribution in [0.2, 0.25) is 0 Å². The molecule has 2 rings (SSSR count). The average Bonchev–Trinajstić information content (AvgIpc) is 2.68. The maximum absolute atomic E-state index is 13.3. The number of alkyl halides is 1. The van der Waals surface area contributed by atoms with Crippen LogP contribution in [-0.4, -0.2) is 31.0 Å². The fourth-order valence-electron chi connectivity index (χ4n) is 2.14. The summed E-state index contributed by atoms with van der Waals surface area (Å²) in [4.78, 5) is 10.9. The van der Waals surface area contributed by atoms with Gasteiger partial charge in [0.15, 0.2) is 0 Å². The molecule has 1 saturated heterocycles. The molecule has 0 saturated carbocycles. The van der Waals surface area contributed by atoms with Gasteiger partial charge in [0.2, 0.25) is 0 Å². The van der Waals surface area contributed by atoms with Gasteiger partial charge in [0.05, 0.1) is 5.60 Å². The lowest BCUT2D eigenvalue weighted by Crippen LogP contribution is -2.46. The number of hydrogen-bond acceptors (Lipinski definition) is 4. The molecule has 6 heteroatoms. The van der Waals surface area contributed by atoms with Crippen LogP contribution in [0, 0.1) is 0 Å². The van der Waals surface area contributed by atoms with Crippen LogP contribution in [0.1, 0.15) is 33.3 Å². The molecule has 1 unspecified atom stereocenters. The zero-order valence-corrected chi connectivity index (χ0v) is 12.8. The van der Waals surface area contributed by atoms with Gasteiger partial charge < -0.3 is 14.0 Å². The van der Waals surface area contributed by atoms with E-state index in [9.17, 15) is 9.18 Å². The predicted octanol–water partition coefficient (Wildman–Crippen LogP) is 2.00. The van der Waals surface area contributed by atoms with E-state index in [4.69, 9.17) is 14.0 Å². The first-order valence-corrected chi connectivity index (χ1v) is 6.91. The molecule has 114 valence electrons. The van der Waals surface area contributed by atoms with Crippen LogP contribution in [0.15, 0.2) is 24.3 Å². The van der Waals surface area contributed by atoms with E-state index in [1.54, 1.807) is 6.92 Å². The molecule has 21 heavy (non-hydrogen) atoms. The molecule has 1 atom stereocenters. The fourth-order valence-corrected chi connectivity index (χ4v) is 2.14.